The number of carbonyl (C=O) groups is 2. The molecule has 1 saturated carbocycles. The molecule has 1 aliphatic carbocycles. The normalized spacial score (nSPS) is 23.0. The van der Waals surface area contributed by atoms with Crippen LogP contribution < -0.4 is 5.32 Å². The fourth-order valence-electron chi connectivity index (χ4n) is 2.73. The molecule has 1 aliphatic heterocycles. The van der Waals surface area contributed by atoms with E-state index in [0.717, 1.165) is 18.4 Å². The number of benzene rings is 1. The van der Waals surface area contributed by atoms with E-state index in [4.69, 9.17) is 4.74 Å². The lowest BCUT2D eigenvalue weighted by atomic mass is 10.1. The average Bonchev–Trinajstić information content (AvgIpc) is 3.40. The molecule has 1 heterocycles. The van der Waals surface area contributed by atoms with Gasteiger partial charge in [0.15, 0.2) is 0 Å². The largest absolute Gasteiger partial charge is 0.370 e. The molecule has 5 heteroatoms. The standard InChI is InChI=1S/C17H22N2O3/c1-12(18-16(20)14-7-8-14)17(21)19-9-10-22-15(11-19)13-5-3-2-4-6-13/h2-6,12,14-15H,7-11H2,1H3,(H,18,20)/t12-,15?/m1/s1. The van der Waals surface area contributed by atoms with Crippen LogP contribution in [-0.4, -0.2) is 42.5 Å². The third kappa shape index (κ3) is 3.47. The maximum atomic E-state index is 12.5. The highest BCUT2D eigenvalue weighted by Gasteiger charge is 2.33. The van der Waals surface area contributed by atoms with Crippen LogP contribution in [0.1, 0.15) is 31.4 Å². The summed E-state index contributed by atoms with van der Waals surface area (Å²) < 4.78 is 5.77. The zero-order valence-electron chi connectivity index (χ0n) is 12.8. The van der Waals surface area contributed by atoms with Gasteiger partial charge in [0, 0.05) is 12.5 Å². The molecule has 2 amide bonds. The SMILES string of the molecule is C[C@@H](NC(=O)C1CC1)C(=O)N1CCOC(c2ccccc2)C1. The van der Waals surface area contributed by atoms with E-state index >= 15 is 0 Å². The zero-order chi connectivity index (χ0) is 15.5. The Morgan fingerprint density at radius 1 is 1.27 bits per heavy atom. The third-order valence-electron chi connectivity index (χ3n) is 4.23. The first kappa shape index (κ1) is 15.0. The van der Waals surface area contributed by atoms with Gasteiger partial charge in [-0.1, -0.05) is 30.3 Å². The number of ether oxygens (including phenoxy) is 1. The van der Waals surface area contributed by atoms with Crippen LogP contribution in [-0.2, 0) is 14.3 Å². The van der Waals surface area contributed by atoms with Crippen LogP contribution in [0.2, 0.25) is 0 Å². The smallest absolute Gasteiger partial charge is 0.245 e. The van der Waals surface area contributed by atoms with Gasteiger partial charge in [-0.05, 0) is 25.3 Å². The second-order valence-corrected chi connectivity index (χ2v) is 6.06. The van der Waals surface area contributed by atoms with Crippen molar-refractivity contribution < 1.29 is 14.3 Å². The van der Waals surface area contributed by atoms with Crippen molar-refractivity contribution in [2.75, 3.05) is 19.7 Å². The molecule has 2 aliphatic rings. The van der Waals surface area contributed by atoms with Gasteiger partial charge in [0.25, 0.3) is 0 Å². The average molecular weight is 302 g/mol. The molecule has 2 fully saturated rings. The highest BCUT2D eigenvalue weighted by molar-refractivity contribution is 5.89. The van der Waals surface area contributed by atoms with Gasteiger partial charge in [-0.15, -0.1) is 0 Å². The van der Waals surface area contributed by atoms with E-state index in [-0.39, 0.29) is 23.8 Å². The number of nitrogens with one attached hydrogen (secondary N) is 1. The number of hydrogen-bond donors (Lipinski definition) is 1. The van der Waals surface area contributed by atoms with Crippen molar-refractivity contribution >= 4 is 11.8 Å². The number of carbonyl (C=O) groups excluding carboxylic acids is 2. The lowest BCUT2D eigenvalue weighted by molar-refractivity contribution is -0.142. The van der Waals surface area contributed by atoms with Gasteiger partial charge < -0.3 is 15.0 Å². The second kappa shape index (κ2) is 6.48. The topological polar surface area (TPSA) is 58.6 Å². The summed E-state index contributed by atoms with van der Waals surface area (Å²) in [5.41, 5.74) is 1.08. The Balaban J connectivity index is 1.58. The van der Waals surface area contributed by atoms with Crippen molar-refractivity contribution in [2.45, 2.75) is 31.9 Å². The van der Waals surface area contributed by atoms with Crippen LogP contribution in [0, 0.1) is 5.92 Å². The maximum absolute atomic E-state index is 12.5. The fourth-order valence-corrected chi connectivity index (χ4v) is 2.73. The molecular formula is C17H22N2O3. The predicted molar refractivity (Wildman–Crippen MR) is 82.0 cm³/mol. The van der Waals surface area contributed by atoms with Crippen molar-refractivity contribution in [3.63, 3.8) is 0 Å². The summed E-state index contributed by atoms with van der Waals surface area (Å²) >= 11 is 0. The lowest BCUT2D eigenvalue weighted by Gasteiger charge is -2.34. The quantitative estimate of drug-likeness (QED) is 0.917. The van der Waals surface area contributed by atoms with E-state index in [1.54, 1.807) is 11.8 Å². The molecular weight excluding hydrogens is 280 g/mol. The van der Waals surface area contributed by atoms with Gasteiger partial charge in [-0.25, -0.2) is 0 Å². The van der Waals surface area contributed by atoms with Crippen molar-refractivity contribution in [1.82, 2.24) is 10.2 Å². The maximum Gasteiger partial charge on any atom is 0.245 e. The molecule has 1 saturated heterocycles. The first-order valence-corrected chi connectivity index (χ1v) is 7.91. The molecule has 1 unspecified atom stereocenters. The zero-order valence-corrected chi connectivity index (χ0v) is 12.8. The molecule has 1 aromatic rings. The molecule has 2 atom stereocenters. The predicted octanol–water partition coefficient (Wildman–Crippen LogP) is 1.50. The monoisotopic (exact) mass is 302 g/mol. The van der Waals surface area contributed by atoms with Crippen molar-refractivity contribution in [3.05, 3.63) is 35.9 Å². The molecule has 0 radical (unpaired) electrons. The first-order chi connectivity index (χ1) is 10.6. The lowest BCUT2D eigenvalue weighted by Crippen LogP contribution is -2.51. The summed E-state index contributed by atoms with van der Waals surface area (Å²) in [6, 6.07) is 9.46. The van der Waals surface area contributed by atoms with E-state index < -0.39 is 6.04 Å². The van der Waals surface area contributed by atoms with Gasteiger partial charge in [-0.2, -0.15) is 0 Å². The van der Waals surface area contributed by atoms with Crippen LogP contribution in [0.5, 0.6) is 0 Å². The number of nitrogens with zero attached hydrogens (tertiary/aromatic N) is 1. The summed E-state index contributed by atoms with van der Waals surface area (Å²) in [6.07, 6.45) is 1.80. The Morgan fingerprint density at radius 2 is 2.00 bits per heavy atom. The van der Waals surface area contributed by atoms with Crippen LogP contribution in [0.4, 0.5) is 0 Å². The van der Waals surface area contributed by atoms with Crippen LogP contribution in [0.25, 0.3) is 0 Å². The highest BCUT2D eigenvalue weighted by atomic mass is 16.5. The van der Waals surface area contributed by atoms with Gasteiger partial charge in [0.2, 0.25) is 11.8 Å². The van der Waals surface area contributed by atoms with Crippen molar-refractivity contribution in [3.8, 4) is 0 Å². The second-order valence-electron chi connectivity index (χ2n) is 6.06. The molecule has 0 bridgehead atoms. The van der Waals surface area contributed by atoms with E-state index in [1.807, 2.05) is 30.3 Å². The Kier molecular flexibility index (Phi) is 4.43. The van der Waals surface area contributed by atoms with Crippen LogP contribution >= 0.6 is 0 Å². The number of morpholine rings is 1. The van der Waals surface area contributed by atoms with E-state index in [2.05, 4.69) is 5.32 Å². The minimum absolute atomic E-state index is 0.00807. The summed E-state index contributed by atoms with van der Waals surface area (Å²) in [5, 5.41) is 2.82. The van der Waals surface area contributed by atoms with Crippen LogP contribution in [0.15, 0.2) is 30.3 Å². The summed E-state index contributed by atoms with van der Waals surface area (Å²) in [7, 11) is 0. The van der Waals surface area contributed by atoms with Gasteiger partial charge in [0.05, 0.1) is 13.2 Å². The van der Waals surface area contributed by atoms with Crippen molar-refractivity contribution in [1.29, 1.82) is 0 Å². The first-order valence-electron chi connectivity index (χ1n) is 7.91. The number of rotatable bonds is 4. The summed E-state index contributed by atoms with van der Waals surface area (Å²) in [4.78, 5) is 26.1. The third-order valence-corrected chi connectivity index (χ3v) is 4.23. The molecule has 22 heavy (non-hydrogen) atoms. The molecule has 1 N–H and O–H groups in total. The Hall–Kier alpha value is -1.88. The Morgan fingerprint density at radius 3 is 2.68 bits per heavy atom. The Labute approximate surface area is 130 Å². The van der Waals surface area contributed by atoms with E-state index in [0.29, 0.717) is 19.7 Å². The van der Waals surface area contributed by atoms with Gasteiger partial charge >= 0.3 is 0 Å². The fraction of sp³-hybridized carbons (Fsp3) is 0.529. The summed E-state index contributed by atoms with van der Waals surface area (Å²) in [6.45, 7) is 3.39. The molecule has 3 rings (SSSR count). The minimum atomic E-state index is -0.470. The number of hydrogen-bond acceptors (Lipinski definition) is 3. The van der Waals surface area contributed by atoms with Gasteiger partial charge in [-0.3, -0.25) is 9.59 Å². The van der Waals surface area contributed by atoms with Crippen LogP contribution in [0.3, 0.4) is 0 Å². The molecule has 118 valence electrons. The minimum Gasteiger partial charge on any atom is -0.370 e. The molecule has 0 spiro atoms. The molecule has 1 aromatic carbocycles. The van der Waals surface area contributed by atoms with Gasteiger partial charge in [0.1, 0.15) is 12.1 Å². The highest BCUT2D eigenvalue weighted by Crippen LogP contribution is 2.29. The molecule has 0 aromatic heterocycles. The summed E-state index contributed by atoms with van der Waals surface area (Å²) in [5.74, 6) is 0.101. The Bertz CT molecular complexity index is 542. The van der Waals surface area contributed by atoms with Crippen molar-refractivity contribution in [2.24, 2.45) is 5.92 Å². The van der Waals surface area contributed by atoms with E-state index in [1.165, 1.54) is 0 Å². The van der Waals surface area contributed by atoms with E-state index in [9.17, 15) is 9.59 Å². The molecule has 5 nitrogen and oxygen atoms in total. The number of amides is 2.